The predicted octanol–water partition coefficient (Wildman–Crippen LogP) is 2.83. The molecule has 0 aliphatic heterocycles. The van der Waals surface area contributed by atoms with Crippen LogP contribution in [0.2, 0.25) is 0 Å². The summed E-state index contributed by atoms with van der Waals surface area (Å²) in [5, 5.41) is 11.6. The van der Waals surface area contributed by atoms with Crippen molar-refractivity contribution in [3.63, 3.8) is 0 Å². The molecule has 0 fully saturated rings. The van der Waals surface area contributed by atoms with E-state index in [1.807, 2.05) is 43.0 Å². The van der Waals surface area contributed by atoms with E-state index in [1.54, 1.807) is 11.8 Å². The van der Waals surface area contributed by atoms with E-state index in [9.17, 15) is 0 Å². The second-order valence-corrected chi connectivity index (χ2v) is 4.23. The van der Waals surface area contributed by atoms with Crippen LogP contribution in [0.4, 0.5) is 5.69 Å². The Kier molecular flexibility index (Phi) is 5.08. The number of nitrogens with one attached hydrogen (secondary N) is 1. The molecule has 3 nitrogen and oxygen atoms in total. The summed E-state index contributed by atoms with van der Waals surface area (Å²) in [6, 6.07) is 7.88. The summed E-state index contributed by atoms with van der Waals surface area (Å²) in [7, 11) is 0. The third-order valence-corrected chi connectivity index (χ3v) is 2.98. The molecule has 1 rings (SSSR count). The van der Waals surface area contributed by atoms with Crippen molar-refractivity contribution in [2.24, 2.45) is 4.99 Å². The van der Waals surface area contributed by atoms with E-state index >= 15 is 0 Å². The number of aliphatic imine (C=N–C) groups is 1. The summed E-state index contributed by atoms with van der Waals surface area (Å²) in [4.78, 5) is 5.48. The molecule has 5 heteroatoms. The Bertz CT molecular complexity index is 379. The highest BCUT2D eigenvalue weighted by molar-refractivity contribution is 8.13. The summed E-state index contributed by atoms with van der Waals surface area (Å²) in [6.07, 6.45) is 5.76. The molecule has 1 aromatic carbocycles. The molecule has 0 heterocycles. The van der Waals surface area contributed by atoms with Crippen LogP contribution in [0.25, 0.3) is 0 Å². The van der Waals surface area contributed by atoms with Crippen LogP contribution < -0.4 is 5.32 Å². The maximum Gasteiger partial charge on any atom is 0.183 e. The lowest BCUT2D eigenvalue weighted by atomic mass is 10.3. The molecule has 0 unspecified atom stereocenters. The first kappa shape index (κ1) is 12.0. The zero-order valence-electron chi connectivity index (χ0n) is 8.52. The molecule has 0 bridgehead atoms. The average Bonchev–Trinajstić information content (AvgIpc) is 2.29. The van der Waals surface area contributed by atoms with Crippen molar-refractivity contribution in [1.82, 2.24) is 5.32 Å². The van der Waals surface area contributed by atoms with Gasteiger partial charge in [0.25, 0.3) is 0 Å². The van der Waals surface area contributed by atoms with Crippen molar-refractivity contribution < 1.29 is 0 Å². The quantitative estimate of drug-likeness (QED) is 0.282. The molecule has 0 radical (unpaired) electrons. The monoisotopic (exact) mass is 237 g/mol. The van der Waals surface area contributed by atoms with Gasteiger partial charge in [-0.25, -0.2) is 4.99 Å². The van der Waals surface area contributed by atoms with Crippen LogP contribution in [0.15, 0.2) is 34.2 Å². The van der Waals surface area contributed by atoms with Crippen molar-refractivity contribution in [1.29, 1.82) is 5.26 Å². The first-order valence-corrected chi connectivity index (χ1v) is 6.67. The minimum atomic E-state index is 0.606. The number of rotatable bonds is 2. The highest BCUT2D eigenvalue weighted by Crippen LogP contribution is 2.20. The van der Waals surface area contributed by atoms with Crippen molar-refractivity contribution in [2.75, 3.05) is 12.5 Å². The van der Waals surface area contributed by atoms with Crippen LogP contribution in [0, 0.1) is 11.5 Å². The first-order valence-electron chi connectivity index (χ1n) is 4.22. The molecule has 78 valence electrons. The topological polar surface area (TPSA) is 48.2 Å². The second-order valence-electron chi connectivity index (χ2n) is 2.56. The van der Waals surface area contributed by atoms with E-state index in [2.05, 4.69) is 10.3 Å². The van der Waals surface area contributed by atoms with E-state index < -0.39 is 0 Å². The molecular weight excluding hydrogens is 226 g/mol. The van der Waals surface area contributed by atoms with Gasteiger partial charge in [0.2, 0.25) is 0 Å². The van der Waals surface area contributed by atoms with Gasteiger partial charge in [0, 0.05) is 4.90 Å². The highest BCUT2D eigenvalue weighted by Gasteiger charge is 1.96. The lowest BCUT2D eigenvalue weighted by Gasteiger charge is -2.00. The molecule has 0 saturated heterocycles. The molecule has 15 heavy (non-hydrogen) atoms. The first-order chi connectivity index (χ1) is 7.30. The fourth-order valence-electron chi connectivity index (χ4n) is 0.946. The zero-order valence-corrected chi connectivity index (χ0v) is 10.2. The van der Waals surface area contributed by atoms with E-state index in [1.165, 1.54) is 16.7 Å². The maximum absolute atomic E-state index is 8.47. The number of thioether (sulfide) groups is 2. The number of hydrogen-bond donors (Lipinski definition) is 1. The number of amidine groups is 1. The number of nitrogens with zero attached hydrogens (tertiary/aromatic N) is 2. The Hall–Kier alpha value is -1.12. The van der Waals surface area contributed by atoms with E-state index in [0.717, 1.165) is 5.69 Å². The summed E-state index contributed by atoms with van der Waals surface area (Å²) in [5.74, 6) is 0. The molecule has 0 spiro atoms. The molecule has 1 N–H and O–H groups in total. The lowest BCUT2D eigenvalue weighted by Crippen LogP contribution is -2.12. The van der Waals surface area contributed by atoms with Crippen LogP contribution in [0.1, 0.15) is 0 Å². The minimum Gasteiger partial charge on any atom is -0.271 e. The van der Waals surface area contributed by atoms with Crippen LogP contribution in [-0.4, -0.2) is 17.7 Å². The van der Waals surface area contributed by atoms with Crippen LogP contribution in [0.5, 0.6) is 0 Å². The Balaban J connectivity index is 2.83. The van der Waals surface area contributed by atoms with Gasteiger partial charge < -0.3 is 0 Å². The summed E-state index contributed by atoms with van der Waals surface area (Å²) < 4.78 is 0. The van der Waals surface area contributed by atoms with Crippen molar-refractivity contribution in [3.8, 4) is 6.19 Å². The predicted molar refractivity (Wildman–Crippen MR) is 67.6 cm³/mol. The smallest absolute Gasteiger partial charge is 0.183 e. The standard InChI is InChI=1S/C10H11N3S2/c1-14-9-5-3-8(4-6-9)13-10(15-2)12-7-11/h3-6H,1-2H3,(H,12,13). The number of nitriles is 1. The van der Waals surface area contributed by atoms with Gasteiger partial charge in [-0.05, 0) is 36.8 Å². The van der Waals surface area contributed by atoms with E-state index in [0.29, 0.717) is 5.17 Å². The second kappa shape index (κ2) is 6.38. The van der Waals surface area contributed by atoms with Gasteiger partial charge in [0.05, 0.1) is 5.69 Å². The Morgan fingerprint density at radius 3 is 2.47 bits per heavy atom. The third kappa shape index (κ3) is 3.86. The van der Waals surface area contributed by atoms with Gasteiger partial charge >= 0.3 is 0 Å². The van der Waals surface area contributed by atoms with Crippen LogP contribution in [-0.2, 0) is 0 Å². The largest absolute Gasteiger partial charge is 0.271 e. The highest BCUT2D eigenvalue weighted by atomic mass is 32.2. The van der Waals surface area contributed by atoms with Crippen molar-refractivity contribution >= 4 is 34.4 Å². The molecule has 0 amide bonds. The van der Waals surface area contributed by atoms with Crippen LogP contribution >= 0.6 is 23.5 Å². The fraction of sp³-hybridized carbons (Fsp3) is 0.200. The molecule has 0 aliphatic carbocycles. The summed E-state index contributed by atoms with van der Waals surface area (Å²) >= 11 is 3.10. The number of benzene rings is 1. The third-order valence-electron chi connectivity index (χ3n) is 1.66. The average molecular weight is 237 g/mol. The van der Waals surface area contributed by atoms with Crippen molar-refractivity contribution in [2.45, 2.75) is 4.90 Å². The molecule has 0 aliphatic rings. The normalized spacial score (nSPS) is 10.9. The molecule has 0 atom stereocenters. The van der Waals surface area contributed by atoms with Gasteiger partial charge in [-0.15, -0.1) is 11.8 Å². The Morgan fingerprint density at radius 1 is 1.33 bits per heavy atom. The Morgan fingerprint density at radius 2 is 2.00 bits per heavy atom. The molecule has 0 saturated carbocycles. The van der Waals surface area contributed by atoms with E-state index in [-0.39, 0.29) is 0 Å². The van der Waals surface area contributed by atoms with Gasteiger partial charge in [0.15, 0.2) is 11.4 Å². The van der Waals surface area contributed by atoms with Gasteiger partial charge in [-0.3, -0.25) is 5.32 Å². The van der Waals surface area contributed by atoms with Gasteiger partial charge in [-0.2, -0.15) is 5.26 Å². The number of hydrogen-bond acceptors (Lipinski definition) is 4. The minimum absolute atomic E-state index is 0.606. The van der Waals surface area contributed by atoms with E-state index in [4.69, 9.17) is 5.26 Å². The summed E-state index contributed by atoms with van der Waals surface area (Å²) in [6.45, 7) is 0. The summed E-state index contributed by atoms with van der Waals surface area (Å²) in [5.41, 5.74) is 0.847. The Labute approximate surface area is 98.0 Å². The molecule has 1 aromatic rings. The molecular formula is C10H11N3S2. The zero-order chi connectivity index (χ0) is 11.1. The SMILES string of the molecule is CSC(=Nc1ccc(SC)cc1)NC#N. The van der Waals surface area contributed by atoms with Crippen LogP contribution in [0.3, 0.4) is 0 Å². The lowest BCUT2D eigenvalue weighted by molar-refractivity contribution is 1.28. The maximum atomic E-state index is 8.47. The molecule has 0 aromatic heterocycles. The fourth-order valence-corrected chi connectivity index (χ4v) is 1.70. The van der Waals surface area contributed by atoms with Gasteiger partial charge in [-0.1, -0.05) is 11.8 Å². The van der Waals surface area contributed by atoms with Crippen molar-refractivity contribution in [3.05, 3.63) is 24.3 Å². The van der Waals surface area contributed by atoms with Gasteiger partial charge in [0.1, 0.15) is 0 Å².